The SMILES string of the molecule is CCCCC(C)Nc1ccc(C(=O)NC)cc1C. The average Bonchev–Trinajstić information content (AvgIpc) is 2.37. The summed E-state index contributed by atoms with van der Waals surface area (Å²) in [5.41, 5.74) is 2.94. The maximum atomic E-state index is 11.5. The molecule has 0 saturated carbocycles. The molecule has 1 unspecified atom stereocenters. The van der Waals surface area contributed by atoms with Crippen LogP contribution in [0.2, 0.25) is 0 Å². The van der Waals surface area contributed by atoms with Crippen molar-refractivity contribution >= 4 is 11.6 Å². The normalized spacial score (nSPS) is 12.0. The van der Waals surface area contributed by atoms with E-state index >= 15 is 0 Å². The Balaban J connectivity index is 2.70. The van der Waals surface area contributed by atoms with Gasteiger partial charge in [-0.05, 0) is 44.0 Å². The monoisotopic (exact) mass is 248 g/mol. The number of carbonyl (C=O) groups excluding carboxylic acids is 1. The first-order chi connectivity index (χ1) is 8.58. The molecular weight excluding hydrogens is 224 g/mol. The van der Waals surface area contributed by atoms with Gasteiger partial charge >= 0.3 is 0 Å². The molecule has 1 amide bonds. The van der Waals surface area contributed by atoms with Crippen LogP contribution >= 0.6 is 0 Å². The largest absolute Gasteiger partial charge is 0.382 e. The summed E-state index contributed by atoms with van der Waals surface area (Å²) in [7, 11) is 1.65. The Kier molecular flexibility index (Phi) is 5.69. The summed E-state index contributed by atoms with van der Waals surface area (Å²) >= 11 is 0. The Bertz CT molecular complexity index is 401. The van der Waals surface area contributed by atoms with Crippen LogP contribution in [0, 0.1) is 6.92 Å². The molecule has 18 heavy (non-hydrogen) atoms. The molecule has 0 bridgehead atoms. The maximum absolute atomic E-state index is 11.5. The summed E-state index contributed by atoms with van der Waals surface area (Å²) in [6, 6.07) is 6.24. The number of nitrogens with one attached hydrogen (secondary N) is 2. The van der Waals surface area contributed by atoms with Gasteiger partial charge in [0.15, 0.2) is 0 Å². The minimum atomic E-state index is -0.0383. The van der Waals surface area contributed by atoms with Crippen molar-refractivity contribution in [1.82, 2.24) is 5.32 Å². The quantitative estimate of drug-likeness (QED) is 0.810. The molecule has 1 rings (SSSR count). The van der Waals surface area contributed by atoms with Crippen LogP contribution in [0.15, 0.2) is 18.2 Å². The van der Waals surface area contributed by atoms with Gasteiger partial charge in [0.05, 0.1) is 0 Å². The number of hydrogen-bond donors (Lipinski definition) is 2. The minimum Gasteiger partial charge on any atom is -0.382 e. The molecule has 0 aliphatic carbocycles. The van der Waals surface area contributed by atoms with E-state index in [1.54, 1.807) is 7.05 Å². The second-order valence-electron chi connectivity index (χ2n) is 4.80. The summed E-state index contributed by atoms with van der Waals surface area (Å²) in [6.45, 7) is 6.43. The van der Waals surface area contributed by atoms with E-state index in [9.17, 15) is 4.79 Å². The summed E-state index contributed by atoms with van der Waals surface area (Å²) in [6.07, 6.45) is 3.64. The molecule has 2 N–H and O–H groups in total. The van der Waals surface area contributed by atoms with Crippen LogP contribution < -0.4 is 10.6 Å². The maximum Gasteiger partial charge on any atom is 0.251 e. The molecule has 0 aromatic heterocycles. The Hall–Kier alpha value is -1.51. The van der Waals surface area contributed by atoms with Gasteiger partial charge in [-0.3, -0.25) is 4.79 Å². The smallest absolute Gasteiger partial charge is 0.251 e. The third-order valence-electron chi connectivity index (χ3n) is 3.11. The van der Waals surface area contributed by atoms with Gasteiger partial charge in [0, 0.05) is 24.3 Å². The van der Waals surface area contributed by atoms with Crippen molar-refractivity contribution in [3.8, 4) is 0 Å². The predicted octanol–water partition coefficient (Wildman–Crippen LogP) is 3.35. The van der Waals surface area contributed by atoms with Crippen LogP contribution in [0.25, 0.3) is 0 Å². The Morgan fingerprint density at radius 2 is 2.11 bits per heavy atom. The molecule has 0 saturated heterocycles. The van der Waals surface area contributed by atoms with Crippen LogP contribution in [0.5, 0.6) is 0 Å². The number of hydrogen-bond acceptors (Lipinski definition) is 2. The van der Waals surface area contributed by atoms with Gasteiger partial charge in [-0.25, -0.2) is 0 Å². The molecule has 100 valence electrons. The highest BCUT2D eigenvalue weighted by atomic mass is 16.1. The number of rotatable bonds is 6. The fourth-order valence-corrected chi connectivity index (χ4v) is 1.96. The van der Waals surface area contributed by atoms with Crippen molar-refractivity contribution in [3.05, 3.63) is 29.3 Å². The number of aryl methyl sites for hydroxylation is 1. The van der Waals surface area contributed by atoms with E-state index in [4.69, 9.17) is 0 Å². The molecule has 1 aromatic rings. The second-order valence-corrected chi connectivity index (χ2v) is 4.80. The third-order valence-corrected chi connectivity index (χ3v) is 3.11. The lowest BCUT2D eigenvalue weighted by Gasteiger charge is -2.17. The standard InChI is InChI=1S/C15H24N2O/c1-5-6-7-12(3)17-14-9-8-13(10-11(14)2)15(18)16-4/h8-10,12,17H,5-7H2,1-4H3,(H,16,18). The molecule has 3 nitrogen and oxygen atoms in total. The highest BCUT2D eigenvalue weighted by molar-refractivity contribution is 5.94. The summed E-state index contributed by atoms with van der Waals surface area (Å²) in [5.74, 6) is -0.0383. The first-order valence-corrected chi connectivity index (χ1v) is 6.67. The van der Waals surface area contributed by atoms with Gasteiger partial charge in [-0.1, -0.05) is 19.8 Å². The molecule has 0 fully saturated rings. The molecule has 1 atom stereocenters. The zero-order chi connectivity index (χ0) is 13.5. The molecule has 0 aliphatic heterocycles. The van der Waals surface area contributed by atoms with Crippen molar-refractivity contribution in [2.75, 3.05) is 12.4 Å². The average molecular weight is 248 g/mol. The Morgan fingerprint density at radius 3 is 2.67 bits per heavy atom. The topological polar surface area (TPSA) is 41.1 Å². The predicted molar refractivity (Wildman–Crippen MR) is 77.2 cm³/mol. The van der Waals surface area contributed by atoms with Crippen molar-refractivity contribution in [2.24, 2.45) is 0 Å². The zero-order valence-corrected chi connectivity index (χ0v) is 11.8. The van der Waals surface area contributed by atoms with E-state index in [0.717, 1.165) is 11.3 Å². The van der Waals surface area contributed by atoms with Gasteiger partial charge in [0.1, 0.15) is 0 Å². The van der Waals surface area contributed by atoms with E-state index in [1.807, 2.05) is 25.1 Å². The molecule has 1 aromatic carbocycles. The molecule has 0 spiro atoms. The van der Waals surface area contributed by atoms with Crippen LogP contribution in [-0.2, 0) is 0 Å². The molecule has 0 radical (unpaired) electrons. The van der Waals surface area contributed by atoms with Gasteiger partial charge < -0.3 is 10.6 Å². The van der Waals surface area contributed by atoms with Crippen LogP contribution in [0.4, 0.5) is 5.69 Å². The fraction of sp³-hybridized carbons (Fsp3) is 0.533. The van der Waals surface area contributed by atoms with Crippen molar-refractivity contribution in [3.63, 3.8) is 0 Å². The van der Waals surface area contributed by atoms with Crippen LogP contribution in [-0.4, -0.2) is 19.0 Å². The second kappa shape index (κ2) is 7.04. The molecule has 0 heterocycles. The van der Waals surface area contributed by atoms with Crippen LogP contribution in [0.1, 0.15) is 49.0 Å². The van der Waals surface area contributed by atoms with E-state index in [1.165, 1.54) is 19.3 Å². The Labute approximate surface area is 110 Å². The van der Waals surface area contributed by atoms with E-state index in [2.05, 4.69) is 24.5 Å². The lowest BCUT2D eigenvalue weighted by atomic mass is 10.1. The van der Waals surface area contributed by atoms with E-state index in [0.29, 0.717) is 11.6 Å². The zero-order valence-electron chi connectivity index (χ0n) is 11.8. The van der Waals surface area contributed by atoms with Gasteiger partial charge in [-0.2, -0.15) is 0 Å². The number of benzene rings is 1. The molecular formula is C15H24N2O. The first-order valence-electron chi connectivity index (χ1n) is 6.67. The minimum absolute atomic E-state index is 0.0383. The summed E-state index contributed by atoms with van der Waals surface area (Å²) in [5, 5.41) is 6.13. The Morgan fingerprint density at radius 1 is 1.39 bits per heavy atom. The lowest BCUT2D eigenvalue weighted by Crippen LogP contribution is -2.19. The molecule has 0 aliphatic rings. The first kappa shape index (κ1) is 14.6. The number of carbonyl (C=O) groups is 1. The lowest BCUT2D eigenvalue weighted by molar-refractivity contribution is 0.0963. The van der Waals surface area contributed by atoms with Gasteiger partial charge in [-0.15, -0.1) is 0 Å². The summed E-state index contributed by atoms with van der Waals surface area (Å²) in [4.78, 5) is 11.5. The number of unbranched alkanes of at least 4 members (excludes halogenated alkanes) is 1. The highest BCUT2D eigenvalue weighted by Crippen LogP contribution is 2.18. The van der Waals surface area contributed by atoms with Gasteiger partial charge in [0.2, 0.25) is 0 Å². The third kappa shape index (κ3) is 4.06. The van der Waals surface area contributed by atoms with E-state index in [-0.39, 0.29) is 5.91 Å². The number of anilines is 1. The highest BCUT2D eigenvalue weighted by Gasteiger charge is 2.07. The number of amides is 1. The summed E-state index contributed by atoms with van der Waals surface area (Å²) < 4.78 is 0. The van der Waals surface area contributed by atoms with Gasteiger partial charge in [0.25, 0.3) is 5.91 Å². The fourth-order valence-electron chi connectivity index (χ4n) is 1.96. The molecule has 3 heteroatoms. The van der Waals surface area contributed by atoms with Crippen molar-refractivity contribution in [1.29, 1.82) is 0 Å². The van der Waals surface area contributed by atoms with Crippen LogP contribution in [0.3, 0.4) is 0 Å². The van der Waals surface area contributed by atoms with Crippen molar-refractivity contribution in [2.45, 2.75) is 46.1 Å². The van der Waals surface area contributed by atoms with E-state index < -0.39 is 0 Å². The van der Waals surface area contributed by atoms with Crippen molar-refractivity contribution < 1.29 is 4.79 Å².